The molecule has 0 amide bonds. The van der Waals surface area contributed by atoms with E-state index in [2.05, 4.69) is 26.0 Å². The maximum absolute atomic E-state index is 12.6. The Bertz CT molecular complexity index is 1170. The van der Waals surface area contributed by atoms with Crippen molar-refractivity contribution in [2.45, 2.75) is 33.3 Å². The third-order valence-electron chi connectivity index (χ3n) is 4.36. The standard InChI is InChI=1S/C21H22BrN3O4/c1-4-13(3)29-19-11-16(22)14(10-18(19)28-5-2)12-23-25-20(26)15-8-6-7-9-17(15)24-21(25)27/h6-13H,4-5H2,1-3H3,(H,24,27). The summed E-state index contributed by atoms with van der Waals surface area (Å²) >= 11 is 3.49. The molecule has 0 aliphatic rings. The smallest absolute Gasteiger partial charge is 0.349 e. The van der Waals surface area contributed by atoms with Crippen LogP contribution in [0.2, 0.25) is 0 Å². The summed E-state index contributed by atoms with van der Waals surface area (Å²) in [6, 6.07) is 10.4. The van der Waals surface area contributed by atoms with Crippen molar-refractivity contribution in [3.63, 3.8) is 0 Å². The second-order valence-corrected chi connectivity index (χ2v) is 7.28. The number of nitrogens with one attached hydrogen (secondary N) is 1. The number of nitrogens with zero attached hydrogens (tertiary/aromatic N) is 2. The van der Waals surface area contributed by atoms with E-state index in [9.17, 15) is 9.59 Å². The lowest BCUT2D eigenvalue weighted by Gasteiger charge is -2.17. The molecule has 152 valence electrons. The Labute approximate surface area is 176 Å². The van der Waals surface area contributed by atoms with Crippen LogP contribution in [0.3, 0.4) is 0 Å². The van der Waals surface area contributed by atoms with Crippen LogP contribution in [0.5, 0.6) is 11.5 Å². The molecule has 1 aromatic heterocycles. The van der Waals surface area contributed by atoms with E-state index in [0.717, 1.165) is 11.1 Å². The SMILES string of the molecule is CCOc1cc(C=Nn2c(=O)[nH]c3ccccc3c2=O)c(Br)cc1OC(C)CC. The highest BCUT2D eigenvalue weighted by Gasteiger charge is 2.13. The lowest BCUT2D eigenvalue weighted by Crippen LogP contribution is -2.32. The highest BCUT2D eigenvalue weighted by atomic mass is 79.9. The molecule has 2 aromatic carbocycles. The van der Waals surface area contributed by atoms with Crippen LogP contribution in [0.25, 0.3) is 10.9 Å². The Kier molecular flexibility index (Phi) is 6.53. The van der Waals surface area contributed by atoms with Gasteiger partial charge in [-0.3, -0.25) is 4.79 Å². The van der Waals surface area contributed by atoms with Crippen LogP contribution < -0.4 is 20.7 Å². The van der Waals surface area contributed by atoms with Crippen LogP contribution in [0.1, 0.15) is 32.8 Å². The first kappa shape index (κ1) is 20.9. The molecule has 1 unspecified atom stereocenters. The summed E-state index contributed by atoms with van der Waals surface area (Å²) in [6.07, 6.45) is 2.33. The molecule has 0 fully saturated rings. The topological polar surface area (TPSA) is 85.7 Å². The van der Waals surface area contributed by atoms with Gasteiger partial charge in [-0.05, 0) is 60.5 Å². The Morgan fingerprint density at radius 3 is 2.69 bits per heavy atom. The van der Waals surface area contributed by atoms with Crippen LogP contribution in [-0.2, 0) is 0 Å². The van der Waals surface area contributed by atoms with Gasteiger partial charge in [0.1, 0.15) is 0 Å². The average Bonchev–Trinajstić information content (AvgIpc) is 2.70. The first-order chi connectivity index (χ1) is 13.9. The summed E-state index contributed by atoms with van der Waals surface area (Å²) in [6.45, 7) is 6.38. The summed E-state index contributed by atoms with van der Waals surface area (Å²) in [7, 11) is 0. The van der Waals surface area contributed by atoms with Crippen LogP contribution in [0, 0.1) is 0 Å². The molecule has 0 radical (unpaired) electrons. The number of benzene rings is 2. The number of fused-ring (bicyclic) bond motifs is 1. The number of hydrogen-bond acceptors (Lipinski definition) is 5. The van der Waals surface area contributed by atoms with Crippen molar-refractivity contribution in [1.82, 2.24) is 9.66 Å². The van der Waals surface area contributed by atoms with E-state index in [1.807, 2.05) is 20.8 Å². The van der Waals surface area contributed by atoms with E-state index in [1.54, 1.807) is 36.4 Å². The molecule has 0 saturated heterocycles. The average molecular weight is 460 g/mol. The molecule has 0 saturated carbocycles. The van der Waals surface area contributed by atoms with Gasteiger partial charge in [0.15, 0.2) is 11.5 Å². The van der Waals surface area contributed by atoms with Gasteiger partial charge in [0, 0.05) is 10.0 Å². The fourth-order valence-electron chi connectivity index (χ4n) is 2.69. The van der Waals surface area contributed by atoms with Crippen LogP contribution >= 0.6 is 15.9 Å². The number of aromatic nitrogens is 2. The van der Waals surface area contributed by atoms with Gasteiger partial charge < -0.3 is 14.5 Å². The number of aromatic amines is 1. The summed E-state index contributed by atoms with van der Waals surface area (Å²) in [4.78, 5) is 27.5. The number of rotatable bonds is 7. The van der Waals surface area contributed by atoms with Crippen molar-refractivity contribution in [3.8, 4) is 11.5 Å². The molecular weight excluding hydrogens is 438 g/mol. The summed E-state index contributed by atoms with van der Waals surface area (Å²) in [5.41, 5.74) is 0.0195. The van der Waals surface area contributed by atoms with Crippen molar-refractivity contribution in [2.75, 3.05) is 6.61 Å². The third-order valence-corrected chi connectivity index (χ3v) is 5.05. The monoisotopic (exact) mass is 459 g/mol. The van der Waals surface area contributed by atoms with Gasteiger partial charge in [-0.15, -0.1) is 4.68 Å². The van der Waals surface area contributed by atoms with Gasteiger partial charge >= 0.3 is 5.69 Å². The zero-order valence-corrected chi connectivity index (χ0v) is 18.0. The van der Waals surface area contributed by atoms with E-state index < -0.39 is 11.2 Å². The normalized spacial score (nSPS) is 12.4. The lowest BCUT2D eigenvalue weighted by atomic mass is 10.2. The number of H-pyrrole nitrogens is 1. The van der Waals surface area contributed by atoms with E-state index >= 15 is 0 Å². The molecule has 3 aromatic rings. The zero-order valence-electron chi connectivity index (χ0n) is 16.4. The highest BCUT2D eigenvalue weighted by molar-refractivity contribution is 9.10. The quantitative estimate of drug-likeness (QED) is 0.542. The van der Waals surface area contributed by atoms with Crippen molar-refractivity contribution in [2.24, 2.45) is 5.10 Å². The predicted octanol–water partition coefficient (Wildman–Crippen LogP) is 3.91. The van der Waals surface area contributed by atoms with E-state index in [-0.39, 0.29) is 6.10 Å². The molecule has 8 heteroatoms. The van der Waals surface area contributed by atoms with Gasteiger partial charge in [0.05, 0.1) is 29.8 Å². The molecule has 3 rings (SSSR count). The highest BCUT2D eigenvalue weighted by Crippen LogP contribution is 2.34. The molecular formula is C21H22BrN3O4. The van der Waals surface area contributed by atoms with Gasteiger partial charge in [0.2, 0.25) is 0 Å². The van der Waals surface area contributed by atoms with E-state index in [1.165, 1.54) is 6.21 Å². The number of ether oxygens (including phenoxy) is 2. The fraction of sp³-hybridized carbons (Fsp3) is 0.286. The van der Waals surface area contributed by atoms with Crippen molar-refractivity contribution < 1.29 is 9.47 Å². The molecule has 0 aliphatic carbocycles. The van der Waals surface area contributed by atoms with E-state index in [4.69, 9.17) is 9.47 Å². The minimum Gasteiger partial charge on any atom is -0.490 e. The van der Waals surface area contributed by atoms with Crippen molar-refractivity contribution in [3.05, 3.63) is 67.3 Å². The Hall–Kier alpha value is -2.87. The third kappa shape index (κ3) is 4.59. The molecule has 7 nitrogen and oxygen atoms in total. The maximum Gasteiger partial charge on any atom is 0.349 e. The first-order valence-corrected chi connectivity index (χ1v) is 10.1. The van der Waals surface area contributed by atoms with Gasteiger partial charge in [-0.25, -0.2) is 4.79 Å². The van der Waals surface area contributed by atoms with Crippen molar-refractivity contribution >= 4 is 33.0 Å². The first-order valence-electron chi connectivity index (χ1n) is 9.36. The zero-order chi connectivity index (χ0) is 21.0. The number of para-hydroxylation sites is 1. The van der Waals surface area contributed by atoms with Crippen LogP contribution in [0.4, 0.5) is 0 Å². The van der Waals surface area contributed by atoms with Gasteiger partial charge in [0.25, 0.3) is 5.56 Å². The largest absolute Gasteiger partial charge is 0.490 e. The molecule has 0 spiro atoms. The molecule has 0 bridgehead atoms. The predicted molar refractivity (Wildman–Crippen MR) is 118 cm³/mol. The maximum atomic E-state index is 12.6. The lowest BCUT2D eigenvalue weighted by molar-refractivity contribution is 0.203. The minimum absolute atomic E-state index is 0.0374. The Morgan fingerprint density at radius 1 is 1.21 bits per heavy atom. The Balaban J connectivity index is 2.03. The summed E-state index contributed by atoms with van der Waals surface area (Å²) < 4.78 is 13.1. The van der Waals surface area contributed by atoms with Crippen LogP contribution in [0.15, 0.2) is 55.6 Å². The van der Waals surface area contributed by atoms with Gasteiger partial charge in [-0.1, -0.05) is 19.1 Å². The van der Waals surface area contributed by atoms with Crippen LogP contribution in [-0.4, -0.2) is 28.6 Å². The molecule has 1 atom stereocenters. The van der Waals surface area contributed by atoms with Gasteiger partial charge in [-0.2, -0.15) is 5.10 Å². The minimum atomic E-state index is -0.608. The summed E-state index contributed by atoms with van der Waals surface area (Å²) in [5.74, 6) is 1.18. The fourth-order valence-corrected chi connectivity index (χ4v) is 3.11. The molecule has 1 N–H and O–H groups in total. The molecule has 29 heavy (non-hydrogen) atoms. The van der Waals surface area contributed by atoms with Crippen molar-refractivity contribution in [1.29, 1.82) is 0 Å². The number of halogens is 1. The number of hydrogen-bond donors (Lipinski definition) is 1. The second-order valence-electron chi connectivity index (χ2n) is 6.43. The van der Waals surface area contributed by atoms with E-state index in [0.29, 0.717) is 39.0 Å². The molecule has 0 aliphatic heterocycles. The Morgan fingerprint density at radius 2 is 1.97 bits per heavy atom. The molecule has 1 heterocycles. The summed E-state index contributed by atoms with van der Waals surface area (Å²) in [5, 5.41) is 4.49. The second kappa shape index (κ2) is 9.09.